The summed E-state index contributed by atoms with van der Waals surface area (Å²) in [5, 5.41) is 23.0. The largest absolute Gasteiger partial charge is 0.480 e. The second-order valence-electron chi connectivity index (χ2n) is 12.9. The van der Waals surface area contributed by atoms with Crippen LogP contribution < -0.4 is 20.5 Å². The molecule has 2 aromatic heterocycles. The second kappa shape index (κ2) is 15.4. The van der Waals surface area contributed by atoms with Crippen molar-refractivity contribution < 1.29 is 19.4 Å². The van der Waals surface area contributed by atoms with Gasteiger partial charge >= 0.3 is 5.97 Å². The summed E-state index contributed by atoms with van der Waals surface area (Å²) in [5.41, 5.74) is 13.4. The second-order valence-corrected chi connectivity index (χ2v) is 14.5. The zero-order chi connectivity index (χ0) is 36.3. The molecule has 0 unspecified atom stereocenters. The van der Waals surface area contributed by atoms with Crippen molar-refractivity contribution in [2.45, 2.75) is 58.0 Å². The number of nitrogens with one attached hydrogen (secondary N) is 1. The number of nitriles is 1. The van der Waals surface area contributed by atoms with Gasteiger partial charge in [-0.05, 0) is 71.4 Å². The molecule has 1 aliphatic rings. The third-order valence-electron chi connectivity index (χ3n) is 8.75. The lowest BCUT2D eigenvalue weighted by Crippen LogP contribution is -2.46. The van der Waals surface area contributed by atoms with E-state index in [1.54, 1.807) is 32.2 Å². The van der Waals surface area contributed by atoms with E-state index in [0.29, 0.717) is 36.8 Å². The summed E-state index contributed by atoms with van der Waals surface area (Å²) in [5.74, 6) is -0.536. The number of pyridine rings is 2. The molecular weight excluding hydrogens is 753 g/mol. The number of benzene rings is 3. The number of halogens is 3. The van der Waals surface area contributed by atoms with Crippen LogP contribution in [0.25, 0.3) is 22.3 Å². The van der Waals surface area contributed by atoms with Crippen LogP contribution in [0.1, 0.15) is 47.2 Å². The van der Waals surface area contributed by atoms with Crippen LogP contribution in [0.5, 0.6) is 11.8 Å². The first-order valence-corrected chi connectivity index (χ1v) is 17.7. The van der Waals surface area contributed by atoms with Crippen LogP contribution >= 0.6 is 39.1 Å². The highest BCUT2D eigenvalue weighted by molar-refractivity contribution is 9.10. The summed E-state index contributed by atoms with van der Waals surface area (Å²) in [4.78, 5) is 20.5. The molecule has 260 valence electrons. The Kier molecular flexibility index (Phi) is 11.0. The van der Waals surface area contributed by atoms with Crippen molar-refractivity contribution in [1.82, 2.24) is 15.3 Å². The number of fused-ring (bicyclic) bond motifs is 1. The van der Waals surface area contributed by atoms with E-state index in [4.69, 9.17) is 38.4 Å². The van der Waals surface area contributed by atoms with Gasteiger partial charge in [-0.15, -0.1) is 0 Å². The molecule has 2 heterocycles. The van der Waals surface area contributed by atoms with Crippen LogP contribution in [0.3, 0.4) is 0 Å². The van der Waals surface area contributed by atoms with Crippen molar-refractivity contribution in [1.29, 1.82) is 5.26 Å². The number of aliphatic carboxylic acids is 1. The molecule has 0 bridgehead atoms. The minimum absolute atomic E-state index is 0.0681. The van der Waals surface area contributed by atoms with E-state index in [1.165, 1.54) is 17.3 Å². The minimum atomic E-state index is -1.20. The summed E-state index contributed by atoms with van der Waals surface area (Å²) in [7, 11) is 0. The van der Waals surface area contributed by atoms with Gasteiger partial charge in [-0.2, -0.15) is 10.2 Å². The highest BCUT2D eigenvalue weighted by Crippen LogP contribution is 2.41. The topological polar surface area (TPSA) is 143 Å². The normalized spacial score (nSPS) is 13.8. The smallest absolute Gasteiger partial charge is 0.323 e. The standard InChI is InChI=1S/C39H34BrCl2N5O4/c1-39(2,38(48)49)46-19-28-15-33(40)37(47-36(28)50-20-23-11-22(16-43)17-45-18-23)51-21-26-5-3-7-31(34(26)41)32-8-4-6-30(35(32)42)25-10-9-24-13-29(44)14-27(24)12-25/h3-12,15,17-18,29,46H,13-14,19-21,44H2,1-2H3,(H,48,49)/t29-/m0/s1. The predicted molar refractivity (Wildman–Crippen MR) is 201 cm³/mol. The molecule has 51 heavy (non-hydrogen) atoms. The van der Waals surface area contributed by atoms with E-state index < -0.39 is 11.5 Å². The zero-order valence-corrected chi connectivity index (χ0v) is 30.9. The van der Waals surface area contributed by atoms with Crippen LogP contribution in [0.2, 0.25) is 10.0 Å². The van der Waals surface area contributed by atoms with Crippen LogP contribution in [-0.2, 0) is 37.4 Å². The fourth-order valence-electron chi connectivity index (χ4n) is 5.85. The molecule has 6 rings (SSSR count). The average Bonchev–Trinajstić information content (AvgIpc) is 3.49. The molecular formula is C39H34BrCl2N5O4. The molecule has 1 atom stereocenters. The molecule has 9 nitrogen and oxygen atoms in total. The zero-order valence-electron chi connectivity index (χ0n) is 27.8. The summed E-state index contributed by atoms with van der Waals surface area (Å²) >= 11 is 17.7. The van der Waals surface area contributed by atoms with Gasteiger partial charge in [0.1, 0.15) is 24.8 Å². The lowest BCUT2D eigenvalue weighted by atomic mass is 9.96. The number of nitrogens with two attached hydrogens (primary N) is 1. The Morgan fingerprint density at radius 3 is 2.43 bits per heavy atom. The molecule has 0 spiro atoms. The van der Waals surface area contributed by atoms with Gasteiger partial charge in [0.15, 0.2) is 0 Å². The Bertz CT molecular complexity index is 2170. The number of hydrogen-bond acceptors (Lipinski definition) is 8. The Morgan fingerprint density at radius 1 is 0.961 bits per heavy atom. The first-order chi connectivity index (χ1) is 24.4. The number of carboxylic acids is 1. The van der Waals surface area contributed by atoms with Crippen molar-refractivity contribution in [3.8, 4) is 40.1 Å². The van der Waals surface area contributed by atoms with Gasteiger partial charge in [-0.3, -0.25) is 15.1 Å². The maximum atomic E-state index is 11.7. The van der Waals surface area contributed by atoms with Gasteiger partial charge in [0.2, 0.25) is 11.8 Å². The monoisotopic (exact) mass is 785 g/mol. The van der Waals surface area contributed by atoms with Crippen LogP contribution in [0.15, 0.2) is 83.6 Å². The van der Waals surface area contributed by atoms with E-state index >= 15 is 0 Å². The first kappa shape index (κ1) is 36.3. The minimum Gasteiger partial charge on any atom is -0.480 e. The summed E-state index contributed by atoms with van der Waals surface area (Å²) in [6.07, 6.45) is 4.80. The Morgan fingerprint density at radius 2 is 1.67 bits per heavy atom. The number of nitrogens with zero attached hydrogens (tertiary/aromatic N) is 3. The number of ether oxygens (including phenoxy) is 2. The maximum Gasteiger partial charge on any atom is 0.323 e. The average molecular weight is 788 g/mol. The van der Waals surface area contributed by atoms with E-state index in [9.17, 15) is 15.2 Å². The number of aromatic nitrogens is 2. The molecule has 5 aromatic rings. The number of hydrogen-bond donors (Lipinski definition) is 3. The third kappa shape index (κ3) is 8.19. The molecule has 0 radical (unpaired) electrons. The molecule has 4 N–H and O–H groups in total. The van der Waals surface area contributed by atoms with E-state index in [0.717, 1.165) is 35.1 Å². The van der Waals surface area contributed by atoms with Crippen molar-refractivity contribution in [2.24, 2.45) is 5.73 Å². The van der Waals surface area contributed by atoms with Gasteiger partial charge in [-0.25, -0.2) is 0 Å². The molecule has 0 saturated carbocycles. The first-order valence-electron chi connectivity index (χ1n) is 16.1. The molecule has 0 amide bonds. The fourth-order valence-corrected chi connectivity index (χ4v) is 6.94. The quantitative estimate of drug-likeness (QED) is 0.114. The summed E-state index contributed by atoms with van der Waals surface area (Å²) in [6.45, 7) is 3.43. The van der Waals surface area contributed by atoms with Gasteiger partial charge < -0.3 is 20.3 Å². The number of carboxylic acid groups (broad SMARTS) is 1. The van der Waals surface area contributed by atoms with Gasteiger partial charge in [0.05, 0.1) is 20.1 Å². The molecule has 3 aromatic carbocycles. The lowest BCUT2D eigenvalue weighted by Gasteiger charge is -2.22. The lowest BCUT2D eigenvalue weighted by molar-refractivity contribution is -0.143. The van der Waals surface area contributed by atoms with Gasteiger partial charge in [0.25, 0.3) is 0 Å². The Balaban J connectivity index is 1.25. The van der Waals surface area contributed by atoms with Crippen LogP contribution in [-0.4, -0.2) is 32.6 Å². The summed E-state index contributed by atoms with van der Waals surface area (Å²) in [6, 6.07) is 23.7. The van der Waals surface area contributed by atoms with Crippen LogP contribution in [0, 0.1) is 11.3 Å². The maximum absolute atomic E-state index is 11.7. The number of carbonyl (C=O) groups is 1. The van der Waals surface area contributed by atoms with E-state index in [1.807, 2.05) is 36.4 Å². The molecule has 0 aliphatic heterocycles. The van der Waals surface area contributed by atoms with Crippen molar-refractivity contribution in [3.05, 3.63) is 127 Å². The highest BCUT2D eigenvalue weighted by atomic mass is 79.9. The number of rotatable bonds is 12. The van der Waals surface area contributed by atoms with E-state index in [2.05, 4.69) is 55.5 Å². The van der Waals surface area contributed by atoms with Crippen molar-refractivity contribution in [3.63, 3.8) is 0 Å². The van der Waals surface area contributed by atoms with Gasteiger partial charge in [-0.1, -0.05) is 77.8 Å². The van der Waals surface area contributed by atoms with Crippen LogP contribution in [0.4, 0.5) is 0 Å². The van der Waals surface area contributed by atoms with Crippen molar-refractivity contribution in [2.75, 3.05) is 0 Å². The molecule has 12 heteroatoms. The van der Waals surface area contributed by atoms with E-state index in [-0.39, 0.29) is 37.6 Å². The Labute approximate surface area is 314 Å². The molecule has 0 fully saturated rings. The van der Waals surface area contributed by atoms with Crippen molar-refractivity contribution >= 4 is 45.1 Å². The predicted octanol–water partition coefficient (Wildman–Crippen LogP) is 8.29. The highest BCUT2D eigenvalue weighted by Gasteiger charge is 2.27. The Hall–Kier alpha value is -4.50. The third-order valence-corrected chi connectivity index (χ3v) is 10.2. The summed E-state index contributed by atoms with van der Waals surface area (Å²) < 4.78 is 12.8. The van der Waals surface area contributed by atoms with Gasteiger partial charge in [0, 0.05) is 58.4 Å². The molecule has 0 saturated heterocycles. The SMILES string of the molecule is CC(C)(NCc1cc(Br)c(OCc2cccc(-c3cccc(-c4ccc5c(c4)C[C@@H](N)C5)c3Cl)c2Cl)nc1OCc1cncc(C#N)c1)C(=O)O. The fraction of sp³-hybridized carbons (Fsp3) is 0.231. The molecule has 1 aliphatic carbocycles.